The van der Waals surface area contributed by atoms with Crippen LogP contribution in [0.3, 0.4) is 0 Å². The average molecular weight is 549 g/mol. The van der Waals surface area contributed by atoms with Gasteiger partial charge in [-0.1, -0.05) is 30.3 Å². The molecule has 3 aromatic rings. The molecule has 172 valence electrons. The highest BCUT2D eigenvalue weighted by molar-refractivity contribution is 14.0. The Kier molecular flexibility index (Phi) is 10.9. The molecule has 2 aromatic carbocycles. The fraction of sp³-hybridized carbons (Fsp3) is 0.333. The van der Waals surface area contributed by atoms with Gasteiger partial charge in [0.25, 0.3) is 0 Å². The van der Waals surface area contributed by atoms with Gasteiger partial charge < -0.3 is 20.1 Å². The lowest BCUT2D eigenvalue weighted by atomic mass is 10.1. The van der Waals surface area contributed by atoms with Crippen LogP contribution in [0, 0.1) is 0 Å². The monoisotopic (exact) mass is 549 g/mol. The third-order valence-electron chi connectivity index (χ3n) is 4.81. The van der Waals surface area contributed by atoms with Crippen LogP contribution in [0.15, 0.2) is 65.9 Å². The van der Waals surface area contributed by atoms with Gasteiger partial charge in [0.2, 0.25) is 0 Å². The molecule has 7 nitrogen and oxygen atoms in total. The number of hydrogen-bond acceptors (Lipinski definition) is 4. The molecule has 8 heteroatoms. The lowest BCUT2D eigenvalue weighted by Crippen LogP contribution is -2.38. The molecule has 1 heterocycles. The summed E-state index contributed by atoms with van der Waals surface area (Å²) in [4.78, 5) is 4.74. The molecule has 0 spiro atoms. The smallest absolute Gasteiger partial charge is 0.191 e. The Morgan fingerprint density at radius 2 is 1.78 bits per heavy atom. The second-order valence-corrected chi connectivity index (χ2v) is 7.08. The fourth-order valence-electron chi connectivity index (χ4n) is 3.28. The predicted octanol–water partition coefficient (Wildman–Crippen LogP) is 3.86. The van der Waals surface area contributed by atoms with Gasteiger partial charge in [-0.05, 0) is 48.2 Å². The Morgan fingerprint density at radius 1 is 0.969 bits per heavy atom. The van der Waals surface area contributed by atoms with Crippen LogP contribution in [0.4, 0.5) is 0 Å². The van der Waals surface area contributed by atoms with Crippen LogP contribution < -0.4 is 20.1 Å². The Balaban J connectivity index is 0.00000363. The molecule has 2 N–H and O–H groups in total. The van der Waals surface area contributed by atoms with Crippen molar-refractivity contribution >= 4 is 29.9 Å². The fourth-order valence-corrected chi connectivity index (χ4v) is 3.28. The summed E-state index contributed by atoms with van der Waals surface area (Å²) in [6.45, 7) is 5.01. The molecule has 32 heavy (non-hydrogen) atoms. The van der Waals surface area contributed by atoms with Gasteiger partial charge in [-0.2, -0.15) is 5.10 Å². The first-order chi connectivity index (χ1) is 15.2. The summed E-state index contributed by atoms with van der Waals surface area (Å²) in [5.74, 6) is 2.29. The highest BCUT2D eigenvalue weighted by Gasteiger charge is 2.05. The van der Waals surface area contributed by atoms with Gasteiger partial charge in [0.1, 0.15) is 0 Å². The van der Waals surface area contributed by atoms with Crippen molar-refractivity contribution in [2.75, 3.05) is 27.3 Å². The van der Waals surface area contributed by atoms with E-state index in [1.165, 1.54) is 16.7 Å². The van der Waals surface area contributed by atoms with E-state index in [0.717, 1.165) is 43.5 Å². The number of halogens is 1. The van der Waals surface area contributed by atoms with Gasteiger partial charge in [0.05, 0.1) is 27.3 Å². The van der Waals surface area contributed by atoms with Crippen molar-refractivity contribution in [3.63, 3.8) is 0 Å². The molecule has 0 unspecified atom stereocenters. The second-order valence-electron chi connectivity index (χ2n) is 7.08. The maximum atomic E-state index is 5.39. The molecule has 0 saturated heterocycles. The van der Waals surface area contributed by atoms with Crippen molar-refractivity contribution in [3.05, 3.63) is 77.6 Å². The van der Waals surface area contributed by atoms with Gasteiger partial charge in [-0.25, -0.2) is 4.99 Å². The molecule has 0 radical (unpaired) electrons. The number of aromatic nitrogens is 2. The number of ether oxygens (including phenoxy) is 2. The Labute approximate surface area is 207 Å². The standard InChI is InChI=1S/C24H31N5O2.HI/c1-4-25-24(26-13-11-19-9-10-22(30-2)23(16-19)31-3)27-17-20-7-5-8-21(15-20)18-29-14-6-12-28-29;/h5-10,12,14-16H,4,11,13,17-18H2,1-3H3,(H2,25,26,27);1H. The van der Waals surface area contributed by atoms with Crippen molar-refractivity contribution in [3.8, 4) is 11.5 Å². The van der Waals surface area contributed by atoms with Gasteiger partial charge in [-0.15, -0.1) is 24.0 Å². The van der Waals surface area contributed by atoms with E-state index in [9.17, 15) is 0 Å². The predicted molar refractivity (Wildman–Crippen MR) is 139 cm³/mol. The number of rotatable bonds is 10. The SMILES string of the molecule is CCNC(=NCc1cccc(Cn2cccn2)c1)NCCc1ccc(OC)c(OC)c1.I. The number of guanidine groups is 1. The van der Waals surface area contributed by atoms with Crippen molar-refractivity contribution in [2.45, 2.75) is 26.4 Å². The van der Waals surface area contributed by atoms with Gasteiger partial charge >= 0.3 is 0 Å². The quantitative estimate of drug-likeness (QED) is 0.228. The Bertz CT molecular complexity index is 976. The zero-order chi connectivity index (χ0) is 21.9. The molecule has 0 saturated carbocycles. The molecule has 0 fully saturated rings. The molecule has 0 aliphatic rings. The minimum atomic E-state index is 0. The second kappa shape index (κ2) is 13.6. The van der Waals surface area contributed by atoms with Gasteiger partial charge in [0, 0.05) is 25.5 Å². The normalized spacial score (nSPS) is 10.9. The van der Waals surface area contributed by atoms with Gasteiger partial charge in [-0.3, -0.25) is 4.68 Å². The average Bonchev–Trinajstić information content (AvgIpc) is 3.30. The van der Waals surface area contributed by atoms with E-state index in [4.69, 9.17) is 14.5 Å². The first-order valence-electron chi connectivity index (χ1n) is 10.5. The largest absolute Gasteiger partial charge is 0.493 e. The lowest BCUT2D eigenvalue weighted by molar-refractivity contribution is 0.354. The third-order valence-corrected chi connectivity index (χ3v) is 4.81. The topological polar surface area (TPSA) is 72.7 Å². The maximum Gasteiger partial charge on any atom is 0.191 e. The first-order valence-corrected chi connectivity index (χ1v) is 10.5. The van der Waals surface area contributed by atoms with Crippen LogP contribution in [-0.2, 0) is 19.5 Å². The highest BCUT2D eigenvalue weighted by Crippen LogP contribution is 2.27. The van der Waals surface area contributed by atoms with Gasteiger partial charge in [0.15, 0.2) is 17.5 Å². The summed E-state index contributed by atoms with van der Waals surface area (Å²) < 4.78 is 12.6. The minimum Gasteiger partial charge on any atom is -0.493 e. The summed E-state index contributed by atoms with van der Waals surface area (Å²) in [6.07, 6.45) is 4.62. The summed E-state index contributed by atoms with van der Waals surface area (Å²) in [6, 6.07) is 16.4. The number of nitrogens with zero attached hydrogens (tertiary/aromatic N) is 3. The van der Waals surface area contributed by atoms with E-state index < -0.39 is 0 Å². The van der Waals surface area contributed by atoms with Crippen molar-refractivity contribution < 1.29 is 9.47 Å². The van der Waals surface area contributed by atoms with Crippen LogP contribution in [0.25, 0.3) is 0 Å². The van der Waals surface area contributed by atoms with Crippen molar-refractivity contribution in [1.82, 2.24) is 20.4 Å². The lowest BCUT2D eigenvalue weighted by Gasteiger charge is -2.13. The zero-order valence-electron chi connectivity index (χ0n) is 18.9. The molecular weight excluding hydrogens is 517 g/mol. The highest BCUT2D eigenvalue weighted by atomic mass is 127. The molecule has 0 aliphatic heterocycles. The summed E-state index contributed by atoms with van der Waals surface area (Å²) in [5.41, 5.74) is 3.55. The molecule has 0 amide bonds. The summed E-state index contributed by atoms with van der Waals surface area (Å²) in [5, 5.41) is 11.0. The van der Waals surface area contributed by atoms with Crippen LogP contribution in [0.2, 0.25) is 0 Å². The number of methoxy groups -OCH3 is 2. The van der Waals surface area contributed by atoms with Crippen LogP contribution in [-0.4, -0.2) is 43.0 Å². The third kappa shape index (κ3) is 7.74. The van der Waals surface area contributed by atoms with Crippen LogP contribution in [0.1, 0.15) is 23.6 Å². The maximum absolute atomic E-state index is 5.39. The summed E-state index contributed by atoms with van der Waals surface area (Å²) >= 11 is 0. The van der Waals surface area contributed by atoms with E-state index in [2.05, 4.69) is 53.0 Å². The van der Waals surface area contributed by atoms with Crippen molar-refractivity contribution in [2.24, 2.45) is 4.99 Å². The van der Waals surface area contributed by atoms with E-state index in [0.29, 0.717) is 6.54 Å². The Morgan fingerprint density at radius 3 is 2.50 bits per heavy atom. The number of hydrogen-bond donors (Lipinski definition) is 2. The van der Waals surface area contributed by atoms with Crippen LogP contribution >= 0.6 is 24.0 Å². The molecular formula is C24H32IN5O2. The zero-order valence-corrected chi connectivity index (χ0v) is 21.2. The molecule has 3 rings (SSSR count). The Hall–Kier alpha value is -2.75. The molecule has 0 atom stereocenters. The first kappa shape index (κ1) is 25.5. The number of benzene rings is 2. The van der Waals surface area contributed by atoms with Crippen LogP contribution in [0.5, 0.6) is 11.5 Å². The summed E-state index contributed by atoms with van der Waals surface area (Å²) in [7, 11) is 3.30. The van der Waals surface area contributed by atoms with E-state index in [1.807, 2.05) is 29.1 Å². The number of aliphatic imine (C=N–C) groups is 1. The number of nitrogens with one attached hydrogen (secondary N) is 2. The van der Waals surface area contributed by atoms with E-state index in [-0.39, 0.29) is 24.0 Å². The molecule has 0 bridgehead atoms. The minimum absolute atomic E-state index is 0. The molecule has 0 aliphatic carbocycles. The molecule has 1 aromatic heterocycles. The van der Waals surface area contributed by atoms with Crippen molar-refractivity contribution in [1.29, 1.82) is 0 Å². The van der Waals surface area contributed by atoms with E-state index >= 15 is 0 Å². The van der Waals surface area contributed by atoms with E-state index in [1.54, 1.807) is 20.4 Å².